The average Bonchev–Trinajstić information content (AvgIpc) is 2.33. The third-order valence-electron chi connectivity index (χ3n) is 3.43. The van der Waals surface area contributed by atoms with Gasteiger partial charge in [0.15, 0.2) is 0 Å². The molecule has 1 aromatic rings. The highest BCUT2D eigenvalue weighted by atomic mass is 35.5. The van der Waals surface area contributed by atoms with Crippen LogP contribution < -0.4 is 10.2 Å². The van der Waals surface area contributed by atoms with Crippen molar-refractivity contribution in [2.45, 2.75) is 20.8 Å². The van der Waals surface area contributed by atoms with Gasteiger partial charge in [-0.1, -0.05) is 31.5 Å². The highest BCUT2D eigenvalue weighted by Crippen LogP contribution is 2.27. The maximum Gasteiger partial charge on any atom is 0.328 e. The lowest BCUT2D eigenvalue weighted by atomic mass is 9.92. The molecular formula is C14H17ClN2O2. The first kappa shape index (κ1) is 13.9. The van der Waals surface area contributed by atoms with Gasteiger partial charge in [0.2, 0.25) is 5.91 Å². The molecule has 1 aromatic carbocycles. The molecule has 2 rings (SSSR count). The van der Waals surface area contributed by atoms with Gasteiger partial charge in [0.05, 0.1) is 11.6 Å². The number of anilines is 1. The van der Waals surface area contributed by atoms with Crippen molar-refractivity contribution in [1.29, 1.82) is 0 Å². The fourth-order valence-electron chi connectivity index (χ4n) is 2.12. The zero-order chi connectivity index (χ0) is 14.2. The van der Waals surface area contributed by atoms with E-state index in [0.717, 1.165) is 5.56 Å². The molecule has 1 saturated heterocycles. The first-order valence-corrected chi connectivity index (χ1v) is 6.67. The van der Waals surface area contributed by atoms with Gasteiger partial charge in [0, 0.05) is 11.6 Å². The molecule has 0 saturated carbocycles. The highest BCUT2D eigenvalue weighted by Gasteiger charge is 2.36. The first-order chi connectivity index (χ1) is 8.91. The van der Waals surface area contributed by atoms with Gasteiger partial charge in [0.1, 0.15) is 0 Å². The first-order valence-electron chi connectivity index (χ1n) is 6.29. The number of imide groups is 1. The van der Waals surface area contributed by atoms with Crippen LogP contribution in [0.5, 0.6) is 0 Å². The Kier molecular flexibility index (Phi) is 3.80. The van der Waals surface area contributed by atoms with E-state index in [0.29, 0.717) is 17.3 Å². The van der Waals surface area contributed by atoms with Crippen molar-refractivity contribution < 1.29 is 9.59 Å². The maximum atomic E-state index is 12.4. The van der Waals surface area contributed by atoms with Gasteiger partial charge < -0.3 is 5.32 Å². The maximum absolute atomic E-state index is 12.4. The number of carbonyl (C=O) groups excluding carboxylic acids is 2. The molecule has 1 aliphatic heterocycles. The zero-order valence-electron chi connectivity index (χ0n) is 11.2. The van der Waals surface area contributed by atoms with Crippen molar-refractivity contribution in [2.24, 2.45) is 11.8 Å². The van der Waals surface area contributed by atoms with Crippen LogP contribution in [0.1, 0.15) is 19.4 Å². The van der Waals surface area contributed by atoms with Gasteiger partial charge in [-0.05, 0) is 30.5 Å². The number of carbonyl (C=O) groups is 2. The SMILES string of the molecule is Cc1ccc(N2C(=O)NCC(C(C)C)C2=O)cc1Cl. The molecule has 0 aliphatic carbocycles. The summed E-state index contributed by atoms with van der Waals surface area (Å²) in [6, 6.07) is 4.80. The summed E-state index contributed by atoms with van der Waals surface area (Å²) in [5.74, 6) is -0.187. The van der Waals surface area contributed by atoms with E-state index in [1.54, 1.807) is 18.2 Å². The predicted molar refractivity (Wildman–Crippen MR) is 75.4 cm³/mol. The molecule has 1 N–H and O–H groups in total. The van der Waals surface area contributed by atoms with Crippen molar-refractivity contribution in [1.82, 2.24) is 5.32 Å². The normalized spacial score (nSPS) is 19.8. The summed E-state index contributed by atoms with van der Waals surface area (Å²) in [5.41, 5.74) is 1.43. The fourth-order valence-corrected chi connectivity index (χ4v) is 2.29. The molecule has 1 fully saturated rings. The molecule has 4 nitrogen and oxygen atoms in total. The Labute approximate surface area is 117 Å². The molecule has 0 spiro atoms. The van der Waals surface area contributed by atoms with Crippen LogP contribution in [0, 0.1) is 18.8 Å². The van der Waals surface area contributed by atoms with Gasteiger partial charge in [-0.15, -0.1) is 0 Å². The number of hydrogen-bond donors (Lipinski definition) is 1. The van der Waals surface area contributed by atoms with Crippen LogP contribution in [-0.4, -0.2) is 18.5 Å². The zero-order valence-corrected chi connectivity index (χ0v) is 12.0. The van der Waals surface area contributed by atoms with Crippen molar-refractivity contribution >= 4 is 29.2 Å². The molecule has 1 heterocycles. The van der Waals surface area contributed by atoms with Gasteiger partial charge in [-0.3, -0.25) is 4.79 Å². The second-order valence-corrected chi connectivity index (χ2v) is 5.55. The third kappa shape index (κ3) is 2.59. The Hall–Kier alpha value is -1.55. The molecule has 1 atom stereocenters. The summed E-state index contributed by atoms with van der Waals surface area (Å²) in [5, 5.41) is 3.30. The van der Waals surface area contributed by atoms with Crippen molar-refractivity contribution in [2.75, 3.05) is 11.4 Å². The van der Waals surface area contributed by atoms with Crippen LogP contribution in [0.4, 0.5) is 10.5 Å². The number of rotatable bonds is 2. The molecule has 1 unspecified atom stereocenters. The smallest absolute Gasteiger partial charge is 0.328 e. The van der Waals surface area contributed by atoms with E-state index >= 15 is 0 Å². The summed E-state index contributed by atoms with van der Waals surface area (Å²) in [4.78, 5) is 25.5. The Morgan fingerprint density at radius 1 is 1.37 bits per heavy atom. The number of nitrogens with zero attached hydrogens (tertiary/aromatic N) is 1. The Morgan fingerprint density at radius 3 is 2.63 bits per heavy atom. The number of aryl methyl sites for hydroxylation is 1. The van der Waals surface area contributed by atoms with Gasteiger partial charge in [0.25, 0.3) is 0 Å². The summed E-state index contributed by atoms with van der Waals surface area (Å²) in [7, 11) is 0. The van der Waals surface area contributed by atoms with Gasteiger partial charge in [-0.2, -0.15) is 0 Å². The fraction of sp³-hybridized carbons (Fsp3) is 0.429. The van der Waals surface area contributed by atoms with Crippen LogP contribution in [0.3, 0.4) is 0 Å². The van der Waals surface area contributed by atoms with E-state index in [2.05, 4.69) is 5.32 Å². The quantitative estimate of drug-likeness (QED) is 0.905. The third-order valence-corrected chi connectivity index (χ3v) is 3.84. The molecule has 19 heavy (non-hydrogen) atoms. The lowest BCUT2D eigenvalue weighted by molar-refractivity contribution is -0.123. The second-order valence-electron chi connectivity index (χ2n) is 5.14. The molecular weight excluding hydrogens is 264 g/mol. The number of urea groups is 1. The topological polar surface area (TPSA) is 49.4 Å². The lowest BCUT2D eigenvalue weighted by Gasteiger charge is -2.33. The number of benzene rings is 1. The predicted octanol–water partition coefficient (Wildman–Crippen LogP) is 2.98. The number of halogens is 1. The molecule has 1 aliphatic rings. The number of amides is 3. The van der Waals surface area contributed by atoms with E-state index in [1.807, 2.05) is 20.8 Å². The summed E-state index contributed by atoms with van der Waals surface area (Å²) < 4.78 is 0. The van der Waals surface area contributed by atoms with Crippen molar-refractivity contribution in [3.63, 3.8) is 0 Å². The molecule has 102 valence electrons. The Bertz CT molecular complexity index is 528. The van der Waals surface area contributed by atoms with Gasteiger partial charge >= 0.3 is 6.03 Å². The van der Waals surface area contributed by atoms with Gasteiger partial charge in [-0.25, -0.2) is 9.69 Å². The lowest BCUT2D eigenvalue weighted by Crippen LogP contribution is -2.56. The van der Waals surface area contributed by atoms with Crippen molar-refractivity contribution in [3.05, 3.63) is 28.8 Å². The summed E-state index contributed by atoms with van der Waals surface area (Å²) in [6.45, 7) is 6.22. The highest BCUT2D eigenvalue weighted by molar-refractivity contribution is 6.32. The van der Waals surface area contributed by atoms with E-state index in [-0.39, 0.29) is 23.8 Å². The Morgan fingerprint density at radius 2 is 2.05 bits per heavy atom. The summed E-state index contributed by atoms with van der Waals surface area (Å²) >= 11 is 6.06. The second kappa shape index (κ2) is 5.21. The Balaban J connectivity index is 2.37. The van der Waals surface area contributed by atoms with Crippen LogP contribution in [0.15, 0.2) is 18.2 Å². The largest absolute Gasteiger partial charge is 0.337 e. The average molecular weight is 281 g/mol. The number of hydrogen-bond acceptors (Lipinski definition) is 2. The summed E-state index contributed by atoms with van der Waals surface area (Å²) in [6.07, 6.45) is 0. The monoisotopic (exact) mass is 280 g/mol. The minimum Gasteiger partial charge on any atom is -0.337 e. The standard InChI is InChI=1S/C14H17ClN2O2/c1-8(2)11-7-16-14(19)17(13(11)18)10-5-4-9(3)12(15)6-10/h4-6,8,11H,7H2,1-3H3,(H,16,19). The molecule has 0 bridgehead atoms. The molecule has 0 radical (unpaired) electrons. The minimum atomic E-state index is -0.387. The minimum absolute atomic E-state index is 0.168. The van der Waals surface area contributed by atoms with E-state index in [9.17, 15) is 9.59 Å². The van der Waals surface area contributed by atoms with E-state index < -0.39 is 0 Å². The van der Waals surface area contributed by atoms with Crippen LogP contribution in [-0.2, 0) is 4.79 Å². The molecule has 0 aromatic heterocycles. The molecule has 5 heteroatoms. The van der Waals surface area contributed by atoms with Crippen LogP contribution in [0.25, 0.3) is 0 Å². The molecule has 3 amide bonds. The van der Waals surface area contributed by atoms with Crippen LogP contribution in [0.2, 0.25) is 5.02 Å². The van der Waals surface area contributed by atoms with E-state index in [4.69, 9.17) is 11.6 Å². The van der Waals surface area contributed by atoms with Crippen molar-refractivity contribution in [3.8, 4) is 0 Å². The van der Waals surface area contributed by atoms with Crippen LogP contribution >= 0.6 is 11.6 Å². The van der Waals surface area contributed by atoms with E-state index in [1.165, 1.54) is 4.90 Å². The number of nitrogens with one attached hydrogen (secondary N) is 1.